The van der Waals surface area contributed by atoms with Gasteiger partial charge in [-0.05, 0) is 24.7 Å². The Kier molecular flexibility index (Phi) is 6.92. The summed E-state index contributed by atoms with van der Waals surface area (Å²) in [6, 6.07) is 0. The molecule has 1 unspecified atom stereocenters. The Morgan fingerprint density at radius 3 is 2.50 bits per heavy atom. The maximum Gasteiger partial charge on any atom is 0.105 e. The highest BCUT2D eigenvalue weighted by Crippen LogP contribution is 2.33. The van der Waals surface area contributed by atoms with E-state index in [0.717, 1.165) is 17.7 Å². The molecule has 0 spiro atoms. The molecular formula is C15H29B. The molecule has 1 aliphatic carbocycles. The van der Waals surface area contributed by atoms with Gasteiger partial charge in [-0.1, -0.05) is 63.8 Å². The van der Waals surface area contributed by atoms with Crippen molar-refractivity contribution in [2.24, 2.45) is 11.8 Å². The SMILES string of the molecule is BC1CCC(CCCC(C=C)CCC)CC1. The Morgan fingerprint density at radius 1 is 1.25 bits per heavy atom. The first kappa shape index (κ1) is 13.9. The third-order valence-corrected chi connectivity index (χ3v) is 4.32. The van der Waals surface area contributed by atoms with Crippen molar-refractivity contribution < 1.29 is 0 Å². The summed E-state index contributed by atoms with van der Waals surface area (Å²) in [7, 11) is 2.41. The van der Waals surface area contributed by atoms with Crippen molar-refractivity contribution in [2.75, 3.05) is 0 Å². The predicted molar refractivity (Wildman–Crippen MR) is 76.7 cm³/mol. The molecule has 0 aliphatic heterocycles. The Hall–Kier alpha value is -0.195. The minimum atomic E-state index is 0.785. The van der Waals surface area contributed by atoms with Crippen LogP contribution in [0.3, 0.4) is 0 Å². The maximum atomic E-state index is 3.95. The van der Waals surface area contributed by atoms with E-state index in [9.17, 15) is 0 Å². The zero-order valence-electron chi connectivity index (χ0n) is 11.4. The van der Waals surface area contributed by atoms with Gasteiger partial charge in [0.2, 0.25) is 0 Å². The van der Waals surface area contributed by atoms with Crippen LogP contribution in [-0.2, 0) is 0 Å². The molecule has 0 nitrogen and oxygen atoms in total. The molecule has 1 atom stereocenters. The van der Waals surface area contributed by atoms with Gasteiger partial charge in [-0.15, -0.1) is 6.58 Å². The van der Waals surface area contributed by atoms with Crippen molar-refractivity contribution in [3.63, 3.8) is 0 Å². The van der Waals surface area contributed by atoms with E-state index in [1.165, 1.54) is 57.8 Å². The van der Waals surface area contributed by atoms with Crippen LogP contribution in [0, 0.1) is 11.8 Å². The van der Waals surface area contributed by atoms with E-state index in [1.54, 1.807) is 0 Å². The topological polar surface area (TPSA) is 0 Å². The van der Waals surface area contributed by atoms with Gasteiger partial charge in [0.25, 0.3) is 0 Å². The smallest absolute Gasteiger partial charge is 0.103 e. The summed E-state index contributed by atoms with van der Waals surface area (Å²) in [6.07, 6.45) is 15.0. The highest BCUT2D eigenvalue weighted by atomic mass is 14.2. The van der Waals surface area contributed by atoms with Gasteiger partial charge < -0.3 is 0 Å². The van der Waals surface area contributed by atoms with Gasteiger partial charge in [-0.25, -0.2) is 0 Å². The Morgan fingerprint density at radius 2 is 1.94 bits per heavy atom. The zero-order valence-corrected chi connectivity index (χ0v) is 11.4. The molecule has 1 saturated carbocycles. The summed E-state index contributed by atoms with van der Waals surface area (Å²) in [6.45, 7) is 6.23. The maximum absolute atomic E-state index is 3.95. The average Bonchev–Trinajstić information content (AvgIpc) is 2.30. The third kappa shape index (κ3) is 5.23. The molecule has 0 N–H and O–H groups in total. The first-order chi connectivity index (χ1) is 7.76. The predicted octanol–water partition coefficient (Wildman–Crippen LogP) is 4.37. The van der Waals surface area contributed by atoms with E-state index in [-0.39, 0.29) is 0 Å². The van der Waals surface area contributed by atoms with Crippen molar-refractivity contribution in [2.45, 2.75) is 70.5 Å². The number of hydrogen-bond acceptors (Lipinski definition) is 0. The van der Waals surface area contributed by atoms with Gasteiger partial charge in [-0.2, -0.15) is 0 Å². The van der Waals surface area contributed by atoms with Crippen LogP contribution in [0.25, 0.3) is 0 Å². The molecule has 0 amide bonds. The summed E-state index contributed by atoms with van der Waals surface area (Å²) in [5, 5.41) is 0. The lowest BCUT2D eigenvalue weighted by Crippen LogP contribution is -2.11. The van der Waals surface area contributed by atoms with E-state index in [2.05, 4.69) is 27.4 Å². The Bertz CT molecular complexity index is 180. The molecule has 0 aromatic rings. The number of rotatable bonds is 7. The van der Waals surface area contributed by atoms with Crippen LogP contribution in [0.4, 0.5) is 0 Å². The van der Waals surface area contributed by atoms with Gasteiger partial charge >= 0.3 is 0 Å². The van der Waals surface area contributed by atoms with Crippen molar-refractivity contribution in [1.82, 2.24) is 0 Å². The molecule has 0 saturated heterocycles. The molecule has 0 aromatic heterocycles. The van der Waals surface area contributed by atoms with Gasteiger partial charge in [0.15, 0.2) is 0 Å². The van der Waals surface area contributed by atoms with Crippen LogP contribution in [-0.4, -0.2) is 7.85 Å². The Labute approximate surface area is 103 Å². The van der Waals surface area contributed by atoms with Gasteiger partial charge in [0, 0.05) is 0 Å². The number of allylic oxidation sites excluding steroid dienone is 1. The second-order valence-electron chi connectivity index (χ2n) is 5.84. The van der Waals surface area contributed by atoms with E-state index < -0.39 is 0 Å². The van der Waals surface area contributed by atoms with E-state index in [1.807, 2.05) is 0 Å². The molecular weight excluding hydrogens is 191 g/mol. The summed E-state index contributed by atoms with van der Waals surface area (Å²) < 4.78 is 0. The van der Waals surface area contributed by atoms with Crippen LogP contribution < -0.4 is 0 Å². The van der Waals surface area contributed by atoms with Crippen LogP contribution in [0.5, 0.6) is 0 Å². The van der Waals surface area contributed by atoms with E-state index in [4.69, 9.17) is 0 Å². The van der Waals surface area contributed by atoms with Crippen molar-refractivity contribution in [1.29, 1.82) is 0 Å². The summed E-state index contributed by atoms with van der Waals surface area (Å²) in [4.78, 5) is 0. The molecule has 92 valence electrons. The molecule has 1 heteroatoms. The highest BCUT2D eigenvalue weighted by Gasteiger charge is 2.17. The highest BCUT2D eigenvalue weighted by molar-refractivity contribution is 6.11. The monoisotopic (exact) mass is 220 g/mol. The van der Waals surface area contributed by atoms with Crippen LogP contribution >= 0.6 is 0 Å². The molecule has 0 radical (unpaired) electrons. The lowest BCUT2D eigenvalue weighted by atomic mass is 9.71. The second-order valence-corrected chi connectivity index (χ2v) is 5.84. The lowest BCUT2D eigenvalue weighted by Gasteiger charge is -2.26. The molecule has 0 heterocycles. The van der Waals surface area contributed by atoms with E-state index in [0.29, 0.717) is 0 Å². The quantitative estimate of drug-likeness (QED) is 0.441. The first-order valence-electron chi connectivity index (χ1n) is 7.38. The fourth-order valence-corrected chi connectivity index (χ4v) is 3.04. The molecule has 1 fully saturated rings. The minimum absolute atomic E-state index is 0.785. The second kappa shape index (κ2) is 7.98. The Balaban J connectivity index is 2.07. The molecule has 1 rings (SSSR count). The van der Waals surface area contributed by atoms with Crippen molar-refractivity contribution in [3.05, 3.63) is 12.7 Å². The lowest BCUT2D eigenvalue weighted by molar-refractivity contribution is 0.322. The van der Waals surface area contributed by atoms with Gasteiger partial charge in [0.05, 0.1) is 0 Å². The average molecular weight is 220 g/mol. The summed E-state index contributed by atoms with van der Waals surface area (Å²) >= 11 is 0. The third-order valence-electron chi connectivity index (χ3n) is 4.32. The van der Waals surface area contributed by atoms with Crippen molar-refractivity contribution >= 4 is 7.85 Å². The number of hydrogen-bond donors (Lipinski definition) is 0. The van der Waals surface area contributed by atoms with Crippen LogP contribution in [0.2, 0.25) is 5.82 Å². The zero-order chi connectivity index (χ0) is 11.8. The fourth-order valence-electron chi connectivity index (χ4n) is 3.04. The fraction of sp³-hybridized carbons (Fsp3) is 0.867. The summed E-state index contributed by atoms with van der Waals surface area (Å²) in [5.74, 6) is 2.83. The van der Waals surface area contributed by atoms with Gasteiger partial charge in [0.1, 0.15) is 7.85 Å². The van der Waals surface area contributed by atoms with Crippen molar-refractivity contribution in [3.8, 4) is 0 Å². The summed E-state index contributed by atoms with van der Waals surface area (Å²) in [5.41, 5.74) is 0. The van der Waals surface area contributed by atoms with Gasteiger partial charge in [-0.3, -0.25) is 0 Å². The first-order valence-corrected chi connectivity index (χ1v) is 7.38. The molecule has 1 aliphatic rings. The molecule has 0 bridgehead atoms. The molecule has 0 aromatic carbocycles. The minimum Gasteiger partial charge on any atom is -0.103 e. The van der Waals surface area contributed by atoms with Crippen LogP contribution in [0.15, 0.2) is 12.7 Å². The largest absolute Gasteiger partial charge is 0.105 e. The normalized spacial score (nSPS) is 27.6. The standard InChI is InChI=1S/C15H29B/c1-3-6-13(4-2)7-5-8-14-9-11-15(16)12-10-14/h4,13-15H,2-3,5-12,16H2,1H3. The van der Waals surface area contributed by atoms with E-state index >= 15 is 0 Å². The molecule has 16 heavy (non-hydrogen) atoms. The van der Waals surface area contributed by atoms with Crippen LogP contribution in [0.1, 0.15) is 64.7 Å².